The van der Waals surface area contributed by atoms with Gasteiger partial charge in [0, 0.05) is 25.2 Å². The number of anilines is 1. The fraction of sp³-hybridized carbons (Fsp3) is 0.381. The van der Waals surface area contributed by atoms with E-state index in [1.54, 1.807) is 28.6 Å². The van der Waals surface area contributed by atoms with E-state index >= 15 is 0 Å². The highest BCUT2D eigenvalue weighted by atomic mass is 32.2. The molecule has 0 atom stereocenters. The summed E-state index contributed by atoms with van der Waals surface area (Å²) >= 11 is 0. The molecule has 1 N–H and O–H groups in total. The summed E-state index contributed by atoms with van der Waals surface area (Å²) in [6.45, 7) is 5.25. The van der Waals surface area contributed by atoms with Gasteiger partial charge in [-0.05, 0) is 74.1 Å². The van der Waals surface area contributed by atoms with Crippen molar-refractivity contribution in [2.45, 2.75) is 44.4 Å². The van der Waals surface area contributed by atoms with Crippen LogP contribution in [0.1, 0.15) is 36.0 Å². The Hall–Kier alpha value is -2.18. The number of sulfonamides is 1. The molecule has 1 saturated heterocycles. The lowest BCUT2D eigenvalue weighted by Gasteiger charge is -2.15. The third kappa shape index (κ3) is 4.76. The van der Waals surface area contributed by atoms with Gasteiger partial charge >= 0.3 is 0 Å². The molecule has 0 aliphatic carbocycles. The second-order valence-electron chi connectivity index (χ2n) is 7.10. The summed E-state index contributed by atoms with van der Waals surface area (Å²) in [4.78, 5) is 12.5. The number of carbonyl (C=O) groups excluding carboxylic acids is 1. The van der Waals surface area contributed by atoms with E-state index in [9.17, 15) is 13.2 Å². The van der Waals surface area contributed by atoms with Gasteiger partial charge in [0.25, 0.3) is 0 Å². The minimum absolute atomic E-state index is 0.0491. The lowest BCUT2D eigenvalue weighted by Crippen LogP contribution is -2.27. The third-order valence-corrected chi connectivity index (χ3v) is 6.97. The van der Waals surface area contributed by atoms with Crippen LogP contribution in [-0.4, -0.2) is 31.7 Å². The quantitative estimate of drug-likeness (QED) is 0.824. The van der Waals surface area contributed by atoms with Crippen molar-refractivity contribution in [3.63, 3.8) is 0 Å². The van der Waals surface area contributed by atoms with Gasteiger partial charge in [-0.3, -0.25) is 4.79 Å². The Labute approximate surface area is 161 Å². The van der Waals surface area contributed by atoms with Crippen LogP contribution >= 0.6 is 0 Å². The fourth-order valence-corrected chi connectivity index (χ4v) is 4.72. The van der Waals surface area contributed by atoms with Crippen molar-refractivity contribution in [2.24, 2.45) is 0 Å². The zero-order chi connectivity index (χ0) is 19.4. The minimum Gasteiger partial charge on any atom is -0.326 e. The van der Waals surface area contributed by atoms with Gasteiger partial charge in [0.15, 0.2) is 0 Å². The molecule has 0 unspecified atom stereocenters. The minimum atomic E-state index is -3.38. The molecule has 1 aliphatic rings. The van der Waals surface area contributed by atoms with Gasteiger partial charge in [-0.1, -0.05) is 18.2 Å². The number of nitrogens with one attached hydrogen (secondary N) is 1. The van der Waals surface area contributed by atoms with E-state index in [2.05, 4.69) is 5.32 Å². The topological polar surface area (TPSA) is 66.5 Å². The number of hydrogen-bond acceptors (Lipinski definition) is 3. The summed E-state index contributed by atoms with van der Waals surface area (Å²) in [6.07, 6.45) is 2.77. The lowest BCUT2D eigenvalue weighted by atomic mass is 10.1. The van der Waals surface area contributed by atoms with E-state index in [0.29, 0.717) is 30.8 Å². The van der Waals surface area contributed by atoms with Crippen LogP contribution < -0.4 is 5.32 Å². The second kappa shape index (κ2) is 8.23. The average molecular weight is 387 g/mol. The summed E-state index contributed by atoms with van der Waals surface area (Å²) in [5.74, 6) is -0.0491. The molecule has 3 rings (SSSR count). The fourth-order valence-electron chi connectivity index (χ4n) is 3.21. The van der Waals surface area contributed by atoms with Crippen molar-refractivity contribution < 1.29 is 13.2 Å². The highest BCUT2D eigenvalue weighted by Gasteiger charge is 2.26. The number of benzene rings is 2. The molecule has 1 aliphatic heterocycles. The predicted molar refractivity (Wildman–Crippen MR) is 107 cm³/mol. The SMILES string of the molecule is Cc1ccc(NC(=O)CCc2ccc(S(=O)(=O)N3CCCC3)cc2)cc1C. The summed E-state index contributed by atoms with van der Waals surface area (Å²) in [6, 6.07) is 12.7. The van der Waals surface area contributed by atoms with Crippen LogP contribution in [0.2, 0.25) is 0 Å². The molecule has 0 radical (unpaired) electrons. The van der Waals surface area contributed by atoms with Gasteiger partial charge < -0.3 is 5.32 Å². The monoisotopic (exact) mass is 386 g/mol. The van der Waals surface area contributed by atoms with E-state index in [1.165, 1.54) is 5.56 Å². The summed E-state index contributed by atoms with van der Waals surface area (Å²) in [5, 5.41) is 2.91. The molecule has 2 aromatic carbocycles. The van der Waals surface area contributed by atoms with E-state index < -0.39 is 10.0 Å². The first kappa shape index (κ1) is 19.6. The van der Waals surface area contributed by atoms with Crippen molar-refractivity contribution >= 4 is 21.6 Å². The van der Waals surface area contributed by atoms with Crippen molar-refractivity contribution in [3.8, 4) is 0 Å². The van der Waals surface area contributed by atoms with Crippen LogP contribution in [-0.2, 0) is 21.2 Å². The van der Waals surface area contributed by atoms with Crippen LogP contribution in [0.5, 0.6) is 0 Å². The second-order valence-corrected chi connectivity index (χ2v) is 9.04. The molecule has 0 aromatic heterocycles. The molecule has 0 saturated carbocycles. The van der Waals surface area contributed by atoms with Crippen LogP contribution in [0.15, 0.2) is 47.4 Å². The molecule has 0 bridgehead atoms. The number of amides is 1. The Kier molecular flexibility index (Phi) is 5.97. The Morgan fingerprint density at radius 1 is 1.00 bits per heavy atom. The molecule has 1 heterocycles. The van der Waals surface area contributed by atoms with Gasteiger partial charge in [0.1, 0.15) is 0 Å². The summed E-state index contributed by atoms with van der Waals surface area (Å²) in [7, 11) is -3.38. The van der Waals surface area contributed by atoms with Crippen LogP contribution in [0.25, 0.3) is 0 Å². The first-order valence-corrected chi connectivity index (χ1v) is 10.8. The molecule has 5 nitrogen and oxygen atoms in total. The number of hydrogen-bond donors (Lipinski definition) is 1. The maximum absolute atomic E-state index is 12.5. The van der Waals surface area contributed by atoms with E-state index in [4.69, 9.17) is 0 Å². The third-order valence-electron chi connectivity index (χ3n) is 5.06. The first-order chi connectivity index (χ1) is 12.9. The number of carbonyl (C=O) groups is 1. The van der Waals surface area contributed by atoms with Crippen molar-refractivity contribution in [1.29, 1.82) is 0 Å². The maximum Gasteiger partial charge on any atom is 0.243 e. The molecule has 6 heteroatoms. The average Bonchev–Trinajstić information content (AvgIpc) is 3.19. The van der Waals surface area contributed by atoms with E-state index in [0.717, 1.165) is 29.7 Å². The lowest BCUT2D eigenvalue weighted by molar-refractivity contribution is -0.116. The molecule has 27 heavy (non-hydrogen) atoms. The highest BCUT2D eigenvalue weighted by molar-refractivity contribution is 7.89. The van der Waals surface area contributed by atoms with Gasteiger partial charge in [0.05, 0.1) is 4.90 Å². The van der Waals surface area contributed by atoms with Crippen LogP contribution in [0, 0.1) is 13.8 Å². The molecule has 144 valence electrons. The van der Waals surface area contributed by atoms with Gasteiger partial charge in [-0.2, -0.15) is 4.31 Å². The van der Waals surface area contributed by atoms with Gasteiger partial charge in [-0.15, -0.1) is 0 Å². The zero-order valence-corrected chi connectivity index (χ0v) is 16.7. The standard InChI is InChI=1S/C21H26N2O3S/c1-16-5-9-19(15-17(16)2)22-21(24)12-8-18-6-10-20(11-7-18)27(25,26)23-13-3-4-14-23/h5-7,9-11,15H,3-4,8,12-14H2,1-2H3,(H,22,24). The van der Waals surface area contributed by atoms with Gasteiger partial charge in [0.2, 0.25) is 15.9 Å². The predicted octanol–water partition coefficient (Wildman–Crippen LogP) is 3.66. The smallest absolute Gasteiger partial charge is 0.243 e. The Balaban J connectivity index is 1.56. The van der Waals surface area contributed by atoms with Crippen molar-refractivity contribution in [2.75, 3.05) is 18.4 Å². The Morgan fingerprint density at radius 2 is 1.67 bits per heavy atom. The van der Waals surface area contributed by atoms with Crippen LogP contribution in [0.3, 0.4) is 0 Å². The van der Waals surface area contributed by atoms with Gasteiger partial charge in [-0.25, -0.2) is 8.42 Å². The maximum atomic E-state index is 12.5. The van der Waals surface area contributed by atoms with E-state index in [1.807, 2.05) is 32.0 Å². The summed E-state index contributed by atoms with van der Waals surface area (Å²) in [5.41, 5.74) is 4.08. The van der Waals surface area contributed by atoms with E-state index in [-0.39, 0.29) is 5.91 Å². The van der Waals surface area contributed by atoms with Crippen molar-refractivity contribution in [3.05, 3.63) is 59.2 Å². The van der Waals surface area contributed by atoms with Crippen molar-refractivity contribution in [1.82, 2.24) is 4.31 Å². The first-order valence-electron chi connectivity index (χ1n) is 9.32. The molecule has 1 fully saturated rings. The largest absolute Gasteiger partial charge is 0.326 e. The number of nitrogens with zero attached hydrogens (tertiary/aromatic N) is 1. The Morgan fingerprint density at radius 3 is 2.30 bits per heavy atom. The molecule has 2 aromatic rings. The number of aryl methyl sites for hydroxylation is 3. The molecular formula is C21H26N2O3S. The normalized spacial score (nSPS) is 15.0. The van der Waals surface area contributed by atoms with Crippen LogP contribution in [0.4, 0.5) is 5.69 Å². The Bertz CT molecular complexity index is 915. The molecule has 1 amide bonds. The molecule has 0 spiro atoms. The summed E-state index contributed by atoms with van der Waals surface area (Å²) < 4.78 is 26.6. The molecular weight excluding hydrogens is 360 g/mol. The highest BCUT2D eigenvalue weighted by Crippen LogP contribution is 2.21. The zero-order valence-electron chi connectivity index (χ0n) is 15.9. The number of rotatable bonds is 6.